The van der Waals surface area contributed by atoms with Crippen molar-refractivity contribution in [3.05, 3.63) is 28.2 Å². The zero-order chi connectivity index (χ0) is 13.8. The van der Waals surface area contributed by atoms with E-state index in [2.05, 4.69) is 26.6 Å². The maximum Gasteiger partial charge on any atom is 0.251 e. The maximum absolute atomic E-state index is 12.1. The standard InChI is InChI=1S/C13H16BrN3O2/c14-9-7-8(4-5-10(9)15)12(18)17-11-3-1-2-6-16-13(11)19/h4-5,7,11H,1-3,6,15H2,(H,16,19)(H,17,18). The number of nitrogens with two attached hydrogens (primary N) is 1. The lowest BCUT2D eigenvalue weighted by Crippen LogP contribution is -2.45. The van der Waals surface area contributed by atoms with Crippen LogP contribution in [0.15, 0.2) is 22.7 Å². The molecule has 0 aromatic heterocycles. The van der Waals surface area contributed by atoms with Crippen LogP contribution in [-0.2, 0) is 4.79 Å². The number of amides is 2. The number of hydrogen-bond acceptors (Lipinski definition) is 3. The molecule has 0 spiro atoms. The van der Waals surface area contributed by atoms with Gasteiger partial charge in [-0.15, -0.1) is 0 Å². The van der Waals surface area contributed by atoms with Gasteiger partial charge >= 0.3 is 0 Å². The molecule has 6 heteroatoms. The van der Waals surface area contributed by atoms with Gasteiger partial charge in [0.25, 0.3) is 5.91 Å². The van der Waals surface area contributed by atoms with Crippen molar-refractivity contribution in [1.82, 2.24) is 10.6 Å². The summed E-state index contributed by atoms with van der Waals surface area (Å²) in [5.41, 5.74) is 6.73. The average Bonchev–Trinajstić information content (AvgIpc) is 2.58. The van der Waals surface area contributed by atoms with Crippen LogP contribution in [-0.4, -0.2) is 24.4 Å². The molecule has 1 aliphatic heterocycles. The summed E-state index contributed by atoms with van der Waals surface area (Å²) in [6.45, 7) is 0.679. The summed E-state index contributed by atoms with van der Waals surface area (Å²) < 4.78 is 0.672. The predicted molar refractivity (Wildman–Crippen MR) is 76.7 cm³/mol. The Kier molecular flexibility index (Phi) is 4.42. The number of nitrogen functional groups attached to an aromatic ring is 1. The first-order valence-corrected chi connectivity index (χ1v) is 7.01. The fourth-order valence-electron chi connectivity index (χ4n) is 1.99. The van der Waals surface area contributed by atoms with Crippen molar-refractivity contribution in [3.63, 3.8) is 0 Å². The highest BCUT2D eigenvalue weighted by Crippen LogP contribution is 2.20. The topological polar surface area (TPSA) is 84.2 Å². The van der Waals surface area contributed by atoms with Crippen LogP contribution in [0.4, 0.5) is 5.69 Å². The van der Waals surface area contributed by atoms with E-state index in [0.717, 1.165) is 12.8 Å². The molecule has 1 aromatic carbocycles. The Labute approximate surface area is 120 Å². The van der Waals surface area contributed by atoms with Gasteiger partial charge in [-0.2, -0.15) is 0 Å². The summed E-state index contributed by atoms with van der Waals surface area (Å²) in [6, 6.07) is 4.50. The molecule has 19 heavy (non-hydrogen) atoms. The second kappa shape index (κ2) is 6.06. The van der Waals surface area contributed by atoms with E-state index in [4.69, 9.17) is 5.73 Å². The van der Waals surface area contributed by atoms with Crippen molar-refractivity contribution >= 4 is 33.4 Å². The van der Waals surface area contributed by atoms with Crippen LogP contribution in [0.1, 0.15) is 29.6 Å². The summed E-state index contributed by atoms with van der Waals surface area (Å²) in [4.78, 5) is 23.8. The van der Waals surface area contributed by atoms with Crippen LogP contribution in [0.5, 0.6) is 0 Å². The smallest absolute Gasteiger partial charge is 0.251 e. The molecule has 1 aliphatic rings. The lowest BCUT2D eigenvalue weighted by atomic mass is 10.1. The Morgan fingerprint density at radius 3 is 2.95 bits per heavy atom. The van der Waals surface area contributed by atoms with Gasteiger partial charge in [0.15, 0.2) is 0 Å². The minimum absolute atomic E-state index is 0.111. The molecule has 102 valence electrons. The van der Waals surface area contributed by atoms with E-state index in [0.29, 0.717) is 28.7 Å². The minimum atomic E-state index is -0.452. The molecule has 1 unspecified atom stereocenters. The molecule has 0 saturated carbocycles. The van der Waals surface area contributed by atoms with Gasteiger partial charge in [0.2, 0.25) is 5.91 Å². The van der Waals surface area contributed by atoms with E-state index in [1.807, 2.05) is 0 Å². The molecule has 0 bridgehead atoms. The van der Waals surface area contributed by atoms with Gasteiger partial charge in [0.05, 0.1) is 0 Å². The fourth-order valence-corrected chi connectivity index (χ4v) is 2.37. The van der Waals surface area contributed by atoms with Crippen LogP contribution in [0.3, 0.4) is 0 Å². The number of carbonyl (C=O) groups is 2. The summed E-state index contributed by atoms with van der Waals surface area (Å²) in [7, 11) is 0. The third-order valence-electron chi connectivity index (χ3n) is 3.10. The Balaban J connectivity index is 2.07. The van der Waals surface area contributed by atoms with E-state index >= 15 is 0 Å². The summed E-state index contributed by atoms with van der Waals surface area (Å²) in [5, 5.41) is 5.55. The normalized spacial score (nSPS) is 19.4. The van der Waals surface area contributed by atoms with E-state index < -0.39 is 6.04 Å². The number of benzene rings is 1. The first-order chi connectivity index (χ1) is 9.08. The molecule has 0 radical (unpaired) electrons. The lowest BCUT2D eigenvalue weighted by Gasteiger charge is -2.15. The molecule has 5 nitrogen and oxygen atoms in total. The SMILES string of the molecule is Nc1ccc(C(=O)NC2CCCCNC2=O)cc1Br. The summed E-state index contributed by atoms with van der Waals surface area (Å²) in [6.07, 6.45) is 2.55. The van der Waals surface area contributed by atoms with Gasteiger partial charge in [-0.3, -0.25) is 9.59 Å². The number of halogens is 1. The fraction of sp³-hybridized carbons (Fsp3) is 0.385. The van der Waals surface area contributed by atoms with Crippen molar-refractivity contribution < 1.29 is 9.59 Å². The van der Waals surface area contributed by atoms with Gasteiger partial charge in [-0.05, 0) is 53.4 Å². The van der Waals surface area contributed by atoms with Gasteiger partial charge in [0.1, 0.15) is 6.04 Å². The monoisotopic (exact) mass is 325 g/mol. The zero-order valence-corrected chi connectivity index (χ0v) is 12.0. The van der Waals surface area contributed by atoms with Crippen molar-refractivity contribution in [2.45, 2.75) is 25.3 Å². The number of rotatable bonds is 2. The van der Waals surface area contributed by atoms with Gasteiger partial charge in [0, 0.05) is 22.3 Å². The largest absolute Gasteiger partial charge is 0.398 e. The van der Waals surface area contributed by atoms with Crippen LogP contribution < -0.4 is 16.4 Å². The molecule has 4 N–H and O–H groups in total. The molecular formula is C13H16BrN3O2. The van der Waals surface area contributed by atoms with E-state index in [9.17, 15) is 9.59 Å². The third kappa shape index (κ3) is 3.47. The van der Waals surface area contributed by atoms with Crippen molar-refractivity contribution in [1.29, 1.82) is 0 Å². The summed E-state index contributed by atoms with van der Waals surface area (Å²) in [5.74, 6) is -0.372. The first kappa shape index (κ1) is 13.9. The van der Waals surface area contributed by atoms with E-state index in [1.54, 1.807) is 18.2 Å². The van der Waals surface area contributed by atoms with Gasteiger partial charge in [-0.25, -0.2) is 0 Å². The Hall–Kier alpha value is -1.56. The lowest BCUT2D eigenvalue weighted by molar-refractivity contribution is -0.122. The van der Waals surface area contributed by atoms with Crippen molar-refractivity contribution in [3.8, 4) is 0 Å². The molecule has 0 aliphatic carbocycles. The second-order valence-corrected chi connectivity index (χ2v) is 5.40. The Morgan fingerprint density at radius 2 is 2.21 bits per heavy atom. The van der Waals surface area contributed by atoms with E-state index in [1.165, 1.54) is 0 Å². The quantitative estimate of drug-likeness (QED) is 0.719. The van der Waals surface area contributed by atoms with Crippen molar-refractivity contribution in [2.24, 2.45) is 0 Å². The third-order valence-corrected chi connectivity index (χ3v) is 3.79. The van der Waals surface area contributed by atoms with Crippen LogP contribution >= 0.6 is 15.9 Å². The molecule has 1 fully saturated rings. The Morgan fingerprint density at radius 1 is 1.42 bits per heavy atom. The number of anilines is 1. The van der Waals surface area contributed by atoms with Gasteiger partial charge < -0.3 is 16.4 Å². The molecule has 2 amide bonds. The van der Waals surface area contributed by atoms with E-state index in [-0.39, 0.29) is 11.8 Å². The summed E-state index contributed by atoms with van der Waals surface area (Å²) >= 11 is 3.28. The highest BCUT2D eigenvalue weighted by molar-refractivity contribution is 9.10. The van der Waals surface area contributed by atoms with Crippen LogP contribution in [0.2, 0.25) is 0 Å². The number of hydrogen-bond donors (Lipinski definition) is 3. The van der Waals surface area contributed by atoms with Crippen LogP contribution in [0, 0.1) is 0 Å². The number of carbonyl (C=O) groups excluding carboxylic acids is 2. The molecule has 1 heterocycles. The highest BCUT2D eigenvalue weighted by atomic mass is 79.9. The zero-order valence-electron chi connectivity index (χ0n) is 10.4. The molecule has 1 atom stereocenters. The molecule has 1 saturated heterocycles. The van der Waals surface area contributed by atoms with Crippen LogP contribution in [0.25, 0.3) is 0 Å². The molecular weight excluding hydrogens is 310 g/mol. The second-order valence-electron chi connectivity index (χ2n) is 4.55. The van der Waals surface area contributed by atoms with Gasteiger partial charge in [-0.1, -0.05) is 0 Å². The maximum atomic E-state index is 12.1. The predicted octanol–water partition coefficient (Wildman–Crippen LogP) is 1.43. The highest BCUT2D eigenvalue weighted by Gasteiger charge is 2.22. The minimum Gasteiger partial charge on any atom is -0.398 e. The average molecular weight is 326 g/mol. The molecule has 2 rings (SSSR count). The number of nitrogens with one attached hydrogen (secondary N) is 2. The first-order valence-electron chi connectivity index (χ1n) is 6.21. The molecule has 1 aromatic rings. The Bertz CT molecular complexity index is 505. The van der Waals surface area contributed by atoms with Crippen molar-refractivity contribution in [2.75, 3.05) is 12.3 Å².